The zero-order valence-corrected chi connectivity index (χ0v) is 16.1. The number of fused-ring (bicyclic) bond motifs is 1. The molecule has 1 amide bonds. The summed E-state index contributed by atoms with van der Waals surface area (Å²) in [6, 6.07) is 22.6. The van der Waals surface area contributed by atoms with Gasteiger partial charge in [-0.15, -0.1) is 0 Å². The molecule has 0 saturated carbocycles. The number of carbonyl (C=O) groups excluding carboxylic acids is 1. The Morgan fingerprint density at radius 1 is 0.931 bits per heavy atom. The van der Waals surface area contributed by atoms with Crippen LogP contribution in [0.1, 0.15) is 15.9 Å². The van der Waals surface area contributed by atoms with E-state index < -0.39 is 15.9 Å². The highest BCUT2D eigenvalue weighted by Gasteiger charge is 2.14. The van der Waals surface area contributed by atoms with Crippen LogP contribution in [0.15, 0.2) is 78.9 Å². The van der Waals surface area contributed by atoms with Gasteiger partial charge in [0, 0.05) is 11.3 Å². The maximum Gasteiger partial charge on any atom is 0.258 e. The fraction of sp³-hybridized carbons (Fsp3) is 0.0476. The first-order valence-corrected chi connectivity index (χ1v) is 10.5. The number of anilines is 2. The number of carbonyl (C=O) groups is 1. The van der Waals surface area contributed by atoms with E-state index in [1.165, 1.54) is 6.07 Å². The molecule has 7 nitrogen and oxygen atoms in total. The normalized spacial score (nSPS) is 11.3. The molecule has 0 unspecified atom stereocenters. The van der Waals surface area contributed by atoms with Crippen molar-refractivity contribution in [2.75, 3.05) is 10.0 Å². The number of nitrogens with one attached hydrogen (secondary N) is 3. The van der Waals surface area contributed by atoms with Gasteiger partial charge in [0.2, 0.25) is 16.0 Å². The van der Waals surface area contributed by atoms with Gasteiger partial charge in [0.05, 0.1) is 16.8 Å². The SMILES string of the molecule is O=C(Nc1nc2ccccc2[nH]1)c1cccc(NS(=O)(=O)Cc2ccccc2)c1. The predicted molar refractivity (Wildman–Crippen MR) is 113 cm³/mol. The second kappa shape index (κ2) is 7.76. The third-order valence-corrected chi connectivity index (χ3v) is 5.48. The Labute approximate surface area is 167 Å². The van der Waals surface area contributed by atoms with Crippen molar-refractivity contribution in [2.24, 2.45) is 0 Å². The minimum absolute atomic E-state index is 0.150. The van der Waals surface area contributed by atoms with Crippen LogP contribution in [-0.4, -0.2) is 24.3 Å². The van der Waals surface area contributed by atoms with Crippen LogP contribution in [0.4, 0.5) is 11.6 Å². The van der Waals surface area contributed by atoms with Crippen molar-refractivity contribution in [3.05, 3.63) is 90.0 Å². The van der Waals surface area contributed by atoms with Crippen LogP contribution >= 0.6 is 0 Å². The molecule has 4 rings (SSSR count). The minimum atomic E-state index is -3.61. The monoisotopic (exact) mass is 406 g/mol. The third kappa shape index (κ3) is 4.61. The van der Waals surface area contributed by atoms with Crippen molar-refractivity contribution in [3.8, 4) is 0 Å². The van der Waals surface area contributed by atoms with E-state index in [0.717, 1.165) is 11.0 Å². The van der Waals surface area contributed by atoms with Crippen molar-refractivity contribution >= 4 is 38.6 Å². The molecule has 29 heavy (non-hydrogen) atoms. The van der Waals surface area contributed by atoms with E-state index in [4.69, 9.17) is 0 Å². The van der Waals surface area contributed by atoms with Gasteiger partial charge in [0.25, 0.3) is 5.91 Å². The lowest BCUT2D eigenvalue weighted by Crippen LogP contribution is -2.16. The van der Waals surface area contributed by atoms with E-state index in [9.17, 15) is 13.2 Å². The van der Waals surface area contributed by atoms with Crippen LogP contribution < -0.4 is 10.0 Å². The van der Waals surface area contributed by atoms with E-state index in [1.54, 1.807) is 42.5 Å². The van der Waals surface area contributed by atoms with Crippen molar-refractivity contribution in [3.63, 3.8) is 0 Å². The molecule has 1 aromatic heterocycles. The van der Waals surface area contributed by atoms with Crippen molar-refractivity contribution in [1.29, 1.82) is 0 Å². The number of para-hydroxylation sites is 2. The number of hydrogen-bond donors (Lipinski definition) is 3. The summed E-state index contributed by atoms with van der Waals surface area (Å²) in [4.78, 5) is 19.9. The van der Waals surface area contributed by atoms with Crippen molar-refractivity contribution in [2.45, 2.75) is 5.75 Å². The molecular formula is C21H18N4O3S. The highest BCUT2D eigenvalue weighted by molar-refractivity contribution is 7.91. The van der Waals surface area contributed by atoms with Crippen molar-refractivity contribution < 1.29 is 13.2 Å². The number of imidazole rings is 1. The molecule has 0 radical (unpaired) electrons. The van der Waals surface area contributed by atoms with Gasteiger partial charge < -0.3 is 4.98 Å². The van der Waals surface area contributed by atoms with Crippen LogP contribution in [-0.2, 0) is 15.8 Å². The average Bonchev–Trinajstić information content (AvgIpc) is 3.10. The summed E-state index contributed by atoms with van der Waals surface area (Å²) in [6.45, 7) is 0. The van der Waals surface area contributed by atoms with Gasteiger partial charge in [-0.05, 0) is 35.9 Å². The highest BCUT2D eigenvalue weighted by Crippen LogP contribution is 2.17. The molecule has 0 fully saturated rings. The molecule has 0 saturated heterocycles. The lowest BCUT2D eigenvalue weighted by Gasteiger charge is -2.09. The van der Waals surface area contributed by atoms with Crippen LogP contribution in [0.25, 0.3) is 11.0 Å². The summed E-state index contributed by atoms with van der Waals surface area (Å²) < 4.78 is 27.3. The fourth-order valence-corrected chi connectivity index (χ4v) is 4.11. The van der Waals surface area contributed by atoms with Gasteiger partial charge in [-0.3, -0.25) is 14.8 Å². The fourth-order valence-electron chi connectivity index (χ4n) is 2.92. The zero-order valence-electron chi connectivity index (χ0n) is 15.3. The summed E-state index contributed by atoms with van der Waals surface area (Å²) in [7, 11) is -3.61. The maximum absolute atomic E-state index is 12.6. The second-order valence-electron chi connectivity index (χ2n) is 6.48. The molecule has 0 aliphatic rings. The first kappa shape index (κ1) is 18.7. The lowest BCUT2D eigenvalue weighted by atomic mass is 10.2. The number of aromatic nitrogens is 2. The highest BCUT2D eigenvalue weighted by atomic mass is 32.2. The number of nitrogens with zero attached hydrogens (tertiary/aromatic N) is 1. The Balaban J connectivity index is 1.48. The number of H-pyrrole nitrogens is 1. The second-order valence-corrected chi connectivity index (χ2v) is 8.21. The first-order valence-electron chi connectivity index (χ1n) is 8.89. The average molecular weight is 406 g/mol. The summed E-state index contributed by atoms with van der Waals surface area (Å²) >= 11 is 0. The predicted octanol–water partition coefficient (Wildman–Crippen LogP) is 3.76. The zero-order chi connectivity index (χ0) is 20.3. The van der Waals surface area contributed by atoms with E-state index in [1.807, 2.05) is 30.3 Å². The number of aromatic amines is 1. The maximum atomic E-state index is 12.6. The topological polar surface area (TPSA) is 104 Å². The van der Waals surface area contributed by atoms with Gasteiger partial charge in [-0.1, -0.05) is 48.5 Å². The Bertz CT molecular complexity index is 1230. The van der Waals surface area contributed by atoms with Crippen molar-refractivity contribution in [1.82, 2.24) is 9.97 Å². The van der Waals surface area contributed by atoms with Gasteiger partial charge >= 0.3 is 0 Å². The molecule has 0 atom stereocenters. The number of benzene rings is 3. The number of amides is 1. The summed E-state index contributed by atoms with van der Waals surface area (Å²) in [5.74, 6) is -0.220. The van der Waals surface area contributed by atoms with Crippen LogP contribution in [0.2, 0.25) is 0 Å². The Kier molecular flexibility index (Phi) is 5.01. The summed E-state index contributed by atoms with van der Waals surface area (Å²) in [5.41, 5.74) is 2.86. The molecule has 146 valence electrons. The van der Waals surface area contributed by atoms with E-state index in [-0.39, 0.29) is 5.75 Å². The first-order chi connectivity index (χ1) is 14.0. The summed E-state index contributed by atoms with van der Waals surface area (Å²) in [6.07, 6.45) is 0. The number of hydrogen-bond acceptors (Lipinski definition) is 4. The molecule has 0 spiro atoms. The Morgan fingerprint density at radius 2 is 1.69 bits per heavy atom. The van der Waals surface area contributed by atoms with Gasteiger partial charge in [-0.25, -0.2) is 13.4 Å². The molecule has 1 heterocycles. The van der Waals surface area contributed by atoms with E-state index >= 15 is 0 Å². The third-order valence-electron chi connectivity index (χ3n) is 4.22. The molecule has 0 aliphatic carbocycles. The largest absolute Gasteiger partial charge is 0.324 e. The number of sulfonamides is 1. The Morgan fingerprint density at radius 3 is 2.48 bits per heavy atom. The standard InChI is InChI=1S/C21H18N4O3S/c26-20(24-21-22-18-11-4-5-12-19(18)23-21)16-9-6-10-17(13-16)25-29(27,28)14-15-7-2-1-3-8-15/h1-13,25H,14H2,(H2,22,23,24,26). The lowest BCUT2D eigenvalue weighted by molar-refractivity contribution is 0.102. The Hall–Kier alpha value is -3.65. The minimum Gasteiger partial charge on any atom is -0.324 e. The molecular weight excluding hydrogens is 388 g/mol. The molecule has 4 aromatic rings. The van der Waals surface area contributed by atoms with E-state index in [2.05, 4.69) is 20.0 Å². The van der Waals surface area contributed by atoms with Gasteiger partial charge in [-0.2, -0.15) is 0 Å². The molecule has 3 N–H and O–H groups in total. The van der Waals surface area contributed by atoms with Gasteiger partial charge in [0.15, 0.2) is 0 Å². The van der Waals surface area contributed by atoms with Crippen LogP contribution in [0, 0.1) is 0 Å². The molecule has 0 bridgehead atoms. The van der Waals surface area contributed by atoms with Crippen LogP contribution in [0.5, 0.6) is 0 Å². The molecule has 8 heteroatoms. The number of rotatable bonds is 6. The van der Waals surface area contributed by atoms with Gasteiger partial charge in [0.1, 0.15) is 0 Å². The van der Waals surface area contributed by atoms with Crippen LogP contribution in [0.3, 0.4) is 0 Å². The van der Waals surface area contributed by atoms with E-state index in [0.29, 0.717) is 22.8 Å². The quantitative estimate of drug-likeness (QED) is 0.453. The summed E-state index contributed by atoms with van der Waals surface area (Å²) in [5, 5.41) is 2.69. The molecule has 3 aromatic carbocycles. The smallest absolute Gasteiger partial charge is 0.258 e. The molecule has 0 aliphatic heterocycles.